The Morgan fingerprint density at radius 1 is 1.27 bits per heavy atom. The molecule has 0 saturated carbocycles. The summed E-state index contributed by atoms with van der Waals surface area (Å²) < 4.78 is 16.0. The van der Waals surface area contributed by atoms with Crippen molar-refractivity contribution in [1.82, 2.24) is 4.98 Å². The fourth-order valence-electron chi connectivity index (χ4n) is 1.86. The quantitative estimate of drug-likeness (QED) is 0.605. The van der Waals surface area contributed by atoms with Crippen LogP contribution in [0.15, 0.2) is 41.6 Å². The molecule has 0 aromatic carbocycles. The summed E-state index contributed by atoms with van der Waals surface area (Å²) in [4.78, 5) is 26.3. The number of esters is 2. The van der Waals surface area contributed by atoms with E-state index in [1.165, 1.54) is 25.6 Å². The number of rotatable bonds is 5. The van der Waals surface area contributed by atoms with E-state index in [1.807, 2.05) is 18.2 Å². The Labute approximate surface area is 132 Å². The molecule has 0 aliphatic carbocycles. The molecule has 0 amide bonds. The minimum Gasteiger partial charge on any atom is -0.463 e. The summed E-state index contributed by atoms with van der Waals surface area (Å²) in [6.07, 6.45) is 4.14. The molecule has 0 fully saturated rings. The van der Waals surface area contributed by atoms with Crippen LogP contribution in [-0.4, -0.2) is 41.2 Å². The smallest absolute Gasteiger partial charge is 0.303 e. The van der Waals surface area contributed by atoms with Gasteiger partial charge >= 0.3 is 11.9 Å². The van der Waals surface area contributed by atoms with E-state index in [2.05, 4.69) is 4.98 Å². The summed E-state index contributed by atoms with van der Waals surface area (Å²) in [5, 5.41) is 0.814. The number of hydrogen-bond donors (Lipinski definition) is 0. The lowest BCUT2D eigenvalue weighted by atomic mass is 10.1. The number of nitrogens with zero attached hydrogens (tertiary/aromatic N) is 1. The maximum absolute atomic E-state index is 11.1. The Kier molecular flexibility index (Phi) is 5.97. The number of hydrogen-bond acceptors (Lipinski definition) is 7. The number of carbonyl (C=O) groups is 2. The third kappa shape index (κ3) is 5.16. The van der Waals surface area contributed by atoms with Crippen molar-refractivity contribution in [3.05, 3.63) is 36.5 Å². The van der Waals surface area contributed by atoms with Crippen LogP contribution >= 0.6 is 11.8 Å². The summed E-state index contributed by atoms with van der Waals surface area (Å²) in [5.74, 6) is -0.824. The molecule has 0 saturated heterocycles. The molecule has 22 heavy (non-hydrogen) atoms. The Balaban J connectivity index is 2.02. The van der Waals surface area contributed by atoms with E-state index in [-0.39, 0.29) is 12.0 Å². The van der Waals surface area contributed by atoms with E-state index in [0.717, 1.165) is 5.03 Å². The first-order valence-corrected chi connectivity index (χ1v) is 7.64. The molecule has 1 aromatic rings. The minimum absolute atomic E-state index is 0.0247. The normalized spacial score (nSPS) is 23.8. The molecule has 2 rings (SSSR count). The highest BCUT2D eigenvalue weighted by molar-refractivity contribution is 7.99. The topological polar surface area (TPSA) is 74.7 Å². The van der Waals surface area contributed by atoms with Gasteiger partial charge in [0.1, 0.15) is 24.3 Å². The van der Waals surface area contributed by atoms with Crippen LogP contribution in [-0.2, 0) is 23.8 Å². The molecule has 7 heteroatoms. The summed E-state index contributed by atoms with van der Waals surface area (Å²) in [6.45, 7) is 2.67. The van der Waals surface area contributed by atoms with E-state index in [1.54, 1.807) is 18.3 Å². The van der Waals surface area contributed by atoms with Crippen molar-refractivity contribution in [2.24, 2.45) is 0 Å². The average Bonchev–Trinajstić information content (AvgIpc) is 2.48. The summed E-state index contributed by atoms with van der Waals surface area (Å²) in [7, 11) is 0. The van der Waals surface area contributed by atoms with Crippen LogP contribution in [0.4, 0.5) is 0 Å². The molecule has 6 nitrogen and oxygen atoms in total. The first-order chi connectivity index (χ1) is 10.5. The number of thioether (sulfide) groups is 1. The highest BCUT2D eigenvalue weighted by Crippen LogP contribution is 2.28. The lowest BCUT2D eigenvalue weighted by Crippen LogP contribution is -2.40. The number of aromatic nitrogens is 1. The number of pyridine rings is 1. The van der Waals surface area contributed by atoms with Gasteiger partial charge < -0.3 is 14.2 Å². The van der Waals surface area contributed by atoms with Gasteiger partial charge in [0.25, 0.3) is 0 Å². The van der Waals surface area contributed by atoms with Crippen LogP contribution in [0, 0.1) is 0 Å². The molecule has 0 unspecified atom stereocenters. The lowest BCUT2D eigenvalue weighted by Gasteiger charge is -2.30. The summed E-state index contributed by atoms with van der Waals surface area (Å²) >= 11 is 1.42. The van der Waals surface area contributed by atoms with E-state index < -0.39 is 24.1 Å². The minimum atomic E-state index is -0.572. The molecule has 0 N–H and O–H groups in total. The summed E-state index contributed by atoms with van der Waals surface area (Å²) in [5.41, 5.74) is -0.290. The Hall–Kier alpha value is -1.86. The summed E-state index contributed by atoms with van der Waals surface area (Å²) in [6, 6.07) is 5.60. The van der Waals surface area contributed by atoms with Gasteiger partial charge in [0.05, 0.1) is 5.03 Å². The molecule has 0 bridgehead atoms. The second-order valence-corrected chi connectivity index (χ2v) is 5.71. The molecule has 0 spiro atoms. The van der Waals surface area contributed by atoms with Crippen LogP contribution < -0.4 is 0 Å². The maximum Gasteiger partial charge on any atom is 0.303 e. The lowest BCUT2D eigenvalue weighted by molar-refractivity contribution is -0.160. The fraction of sp³-hybridized carbons (Fsp3) is 0.400. The van der Waals surface area contributed by atoms with Crippen LogP contribution in [0.3, 0.4) is 0 Å². The Morgan fingerprint density at radius 3 is 2.73 bits per heavy atom. The van der Waals surface area contributed by atoms with Gasteiger partial charge in [-0.15, -0.1) is 0 Å². The monoisotopic (exact) mass is 323 g/mol. The molecule has 0 radical (unpaired) electrons. The van der Waals surface area contributed by atoms with Crippen molar-refractivity contribution in [3.8, 4) is 0 Å². The van der Waals surface area contributed by atoms with Gasteiger partial charge in [-0.05, 0) is 24.3 Å². The van der Waals surface area contributed by atoms with Gasteiger partial charge in [-0.1, -0.05) is 17.8 Å². The number of carbonyl (C=O) groups excluding carboxylic acids is 2. The van der Waals surface area contributed by atoms with Gasteiger partial charge in [0.15, 0.2) is 0 Å². The van der Waals surface area contributed by atoms with Gasteiger partial charge in [0.2, 0.25) is 0 Å². The SMILES string of the molecule is CC(=O)OC[C@H]1O[C@@H](Sc2ccccn2)C=C[C@@H]1OC(C)=O. The van der Waals surface area contributed by atoms with E-state index >= 15 is 0 Å². The first kappa shape index (κ1) is 16.5. The zero-order valence-corrected chi connectivity index (χ0v) is 13.1. The third-order valence-electron chi connectivity index (χ3n) is 2.76. The Bertz CT molecular complexity index is 548. The molecular formula is C15H17NO5S. The highest BCUT2D eigenvalue weighted by Gasteiger charge is 2.31. The van der Waals surface area contributed by atoms with E-state index in [9.17, 15) is 9.59 Å². The zero-order valence-electron chi connectivity index (χ0n) is 12.3. The van der Waals surface area contributed by atoms with Gasteiger partial charge in [0, 0.05) is 20.0 Å². The molecule has 3 atom stereocenters. The fourth-order valence-corrected chi connectivity index (χ4v) is 2.75. The van der Waals surface area contributed by atoms with E-state index in [0.29, 0.717) is 0 Å². The van der Waals surface area contributed by atoms with Crippen LogP contribution in [0.2, 0.25) is 0 Å². The van der Waals surface area contributed by atoms with Crippen molar-refractivity contribution in [2.45, 2.75) is 36.5 Å². The van der Waals surface area contributed by atoms with Crippen LogP contribution in [0.5, 0.6) is 0 Å². The Morgan fingerprint density at radius 2 is 2.09 bits per heavy atom. The van der Waals surface area contributed by atoms with Crippen molar-refractivity contribution < 1.29 is 23.8 Å². The van der Waals surface area contributed by atoms with Crippen LogP contribution in [0.1, 0.15) is 13.8 Å². The largest absolute Gasteiger partial charge is 0.463 e. The molecular weight excluding hydrogens is 306 g/mol. The maximum atomic E-state index is 11.1. The first-order valence-electron chi connectivity index (χ1n) is 6.76. The van der Waals surface area contributed by atoms with Gasteiger partial charge in [-0.25, -0.2) is 4.98 Å². The predicted molar refractivity (Wildman–Crippen MR) is 80.1 cm³/mol. The average molecular weight is 323 g/mol. The molecule has 1 aliphatic rings. The van der Waals surface area contributed by atoms with Crippen molar-refractivity contribution in [1.29, 1.82) is 0 Å². The molecule has 118 valence electrons. The molecule has 2 heterocycles. The van der Waals surface area contributed by atoms with Crippen molar-refractivity contribution >= 4 is 23.7 Å². The van der Waals surface area contributed by atoms with Crippen molar-refractivity contribution in [3.63, 3.8) is 0 Å². The highest BCUT2D eigenvalue weighted by atomic mass is 32.2. The standard InChI is InChI=1S/C15H17NO5S/c1-10(17)19-9-13-12(20-11(2)18)6-7-15(21-13)22-14-5-3-4-8-16-14/h3-8,12-13,15H,9H2,1-2H3/t12-,13+,15-/m0/s1. The number of ether oxygens (including phenoxy) is 3. The second-order valence-electron chi connectivity index (χ2n) is 4.59. The third-order valence-corrected chi connectivity index (χ3v) is 3.74. The predicted octanol–water partition coefficient (Wildman–Crippen LogP) is 1.95. The zero-order chi connectivity index (χ0) is 15.9. The van der Waals surface area contributed by atoms with E-state index in [4.69, 9.17) is 14.2 Å². The molecule has 1 aromatic heterocycles. The van der Waals surface area contributed by atoms with Crippen molar-refractivity contribution in [2.75, 3.05) is 6.61 Å². The van der Waals surface area contributed by atoms with Crippen LogP contribution in [0.25, 0.3) is 0 Å². The van der Waals surface area contributed by atoms with Gasteiger partial charge in [-0.2, -0.15) is 0 Å². The second kappa shape index (κ2) is 7.95. The molecule has 1 aliphatic heterocycles. The van der Waals surface area contributed by atoms with Gasteiger partial charge in [-0.3, -0.25) is 9.59 Å².